The highest BCUT2D eigenvalue weighted by Crippen LogP contribution is 2.10. The molecule has 0 spiro atoms. The van der Waals surface area contributed by atoms with E-state index in [1.54, 1.807) is 13.8 Å². The Morgan fingerprint density at radius 3 is 2.20 bits per heavy atom. The number of carbonyl (C=O) groups excluding carboxylic acids is 3. The highest BCUT2D eigenvalue weighted by atomic mass is 19.3. The van der Waals surface area contributed by atoms with E-state index in [-0.39, 0.29) is 12.6 Å². The molecule has 8 heteroatoms. The van der Waals surface area contributed by atoms with Crippen LogP contribution in [0.5, 0.6) is 0 Å². The lowest BCUT2D eigenvalue weighted by atomic mass is 10.2. The first-order valence-electron chi connectivity index (χ1n) is 5.97. The van der Waals surface area contributed by atoms with Gasteiger partial charge in [-0.2, -0.15) is 0 Å². The number of esters is 1. The fraction of sp³-hybridized carbons (Fsp3) is 0.583. The van der Waals surface area contributed by atoms with Crippen LogP contribution >= 0.6 is 0 Å². The molecule has 0 aromatic heterocycles. The number of nitrogens with zero attached hydrogens (tertiary/aromatic N) is 1. The van der Waals surface area contributed by atoms with Crippen LogP contribution in [0.1, 0.15) is 27.7 Å². The lowest BCUT2D eigenvalue weighted by Crippen LogP contribution is -2.42. The Labute approximate surface area is 115 Å². The van der Waals surface area contributed by atoms with Crippen molar-refractivity contribution < 1.29 is 27.9 Å². The minimum Gasteiger partial charge on any atom is -0.462 e. The minimum atomic E-state index is -3.34. The van der Waals surface area contributed by atoms with E-state index in [0.717, 1.165) is 11.2 Å². The largest absolute Gasteiger partial charge is 0.462 e. The molecule has 0 atom stereocenters. The SMILES string of the molecule is CCOC(=O)/C(=C/N(NC(C)=O)C(C)C)C(=O)C(F)F. The monoisotopic (exact) mass is 292 g/mol. The second-order valence-electron chi connectivity index (χ2n) is 4.10. The molecule has 0 radical (unpaired) electrons. The number of rotatable bonds is 7. The molecule has 0 unspecified atom stereocenters. The van der Waals surface area contributed by atoms with Crippen molar-refractivity contribution in [3.63, 3.8) is 0 Å². The zero-order chi connectivity index (χ0) is 15.9. The summed E-state index contributed by atoms with van der Waals surface area (Å²) in [6.07, 6.45) is -2.48. The van der Waals surface area contributed by atoms with Crippen LogP contribution in [0.4, 0.5) is 8.78 Å². The highest BCUT2D eigenvalue weighted by Gasteiger charge is 2.28. The van der Waals surface area contributed by atoms with Gasteiger partial charge in [-0.25, -0.2) is 13.6 Å². The molecule has 0 saturated heterocycles. The number of Topliss-reactive ketones (excluding diaryl/α,β-unsaturated/α-hetero) is 1. The summed E-state index contributed by atoms with van der Waals surface area (Å²) in [6.45, 7) is 5.91. The van der Waals surface area contributed by atoms with Gasteiger partial charge in [-0.05, 0) is 20.8 Å². The summed E-state index contributed by atoms with van der Waals surface area (Å²) in [6, 6.07) is -0.353. The molecule has 0 fully saturated rings. The van der Waals surface area contributed by atoms with Crippen molar-refractivity contribution in [1.82, 2.24) is 10.4 Å². The lowest BCUT2D eigenvalue weighted by molar-refractivity contribution is -0.142. The van der Waals surface area contributed by atoms with Gasteiger partial charge in [0.15, 0.2) is 0 Å². The van der Waals surface area contributed by atoms with Gasteiger partial charge in [0.1, 0.15) is 5.57 Å². The molecule has 0 aliphatic rings. The molecule has 6 nitrogen and oxygen atoms in total. The van der Waals surface area contributed by atoms with E-state index in [2.05, 4.69) is 10.2 Å². The fourth-order valence-electron chi connectivity index (χ4n) is 1.17. The van der Waals surface area contributed by atoms with E-state index in [9.17, 15) is 23.2 Å². The van der Waals surface area contributed by atoms with Crippen LogP contribution < -0.4 is 5.43 Å². The van der Waals surface area contributed by atoms with Gasteiger partial charge in [-0.1, -0.05) is 0 Å². The van der Waals surface area contributed by atoms with Gasteiger partial charge in [0, 0.05) is 19.2 Å². The third kappa shape index (κ3) is 5.77. The number of ketones is 1. The lowest BCUT2D eigenvalue weighted by Gasteiger charge is -2.25. The molecule has 0 bridgehead atoms. The maximum atomic E-state index is 12.5. The van der Waals surface area contributed by atoms with Gasteiger partial charge in [-0.3, -0.25) is 20.0 Å². The average molecular weight is 292 g/mol. The van der Waals surface area contributed by atoms with Gasteiger partial charge in [0.05, 0.1) is 6.61 Å². The van der Waals surface area contributed by atoms with Crippen molar-refractivity contribution in [1.29, 1.82) is 0 Å². The van der Waals surface area contributed by atoms with Crippen molar-refractivity contribution >= 4 is 17.7 Å². The van der Waals surface area contributed by atoms with E-state index < -0.39 is 29.7 Å². The van der Waals surface area contributed by atoms with Crippen molar-refractivity contribution in [2.75, 3.05) is 6.61 Å². The minimum absolute atomic E-state index is 0.0610. The molecule has 0 rings (SSSR count). The molecule has 0 saturated carbocycles. The molecule has 0 aromatic rings. The summed E-state index contributed by atoms with van der Waals surface area (Å²) < 4.78 is 29.5. The van der Waals surface area contributed by atoms with E-state index in [0.29, 0.717) is 0 Å². The molecular formula is C12H18F2N2O4. The van der Waals surface area contributed by atoms with Gasteiger partial charge in [0.25, 0.3) is 0 Å². The summed E-state index contributed by atoms with van der Waals surface area (Å²) in [5, 5.41) is 1.09. The number of hydrogen-bond acceptors (Lipinski definition) is 5. The average Bonchev–Trinajstić information content (AvgIpc) is 2.32. The number of hydrazine groups is 1. The Balaban J connectivity index is 5.45. The van der Waals surface area contributed by atoms with Gasteiger partial charge >= 0.3 is 12.4 Å². The van der Waals surface area contributed by atoms with Gasteiger partial charge < -0.3 is 4.74 Å². The second kappa shape index (κ2) is 8.23. The maximum Gasteiger partial charge on any atom is 0.343 e. The van der Waals surface area contributed by atoms with Crippen LogP contribution in [0.15, 0.2) is 11.8 Å². The number of halogens is 2. The number of ether oxygens (including phenoxy) is 1. The van der Waals surface area contributed by atoms with Crippen molar-refractivity contribution in [3.8, 4) is 0 Å². The number of amides is 1. The van der Waals surface area contributed by atoms with Crippen molar-refractivity contribution in [3.05, 3.63) is 11.8 Å². The first-order chi connectivity index (χ1) is 9.20. The van der Waals surface area contributed by atoms with E-state index in [4.69, 9.17) is 0 Å². The predicted octanol–water partition coefficient (Wildman–Crippen LogP) is 1.03. The van der Waals surface area contributed by atoms with Crippen LogP contribution in [-0.2, 0) is 19.1 Å². The summed E-state index contributed by atoms with van der Waals surface area (Å²) in [5.41, 5.74) is 1.50. The van der Waals surface area contributed by atoms with Crippen LogP contribution in [-0.4, -0.2) is 41.7 Å². The van der Waals surface area contributed by atoms with Crippen LogP contribution in [0.2, 0.25) is 0 Å². The Morgan fingerprint density at radius 1 is 1.30 bits per heavy atom. The molecule has 0 aromatic carbocycles. The third-order valence-electron chi connectivity index (χ3n) is 2.07. The van der Waals surface area contributed by atoms with Crippen molar-refractivity contribution in [2.24, 2.45) is 0 Å². The van der Waals surface area contributed by atoms with Crippen LogP contribution in [0.25, 0.3) is 0 Å². The van der Waals surface area contributed by atoms with E-state index in [1.807, 2.05) is 0 Å². The number of hydrogen-bond donors (Lipinski definition) is 1. The Kier molecular flexibility index (Phi) is 7.42. The number of nitrogens with one attached hydrogen (secondary N) is 1. The third-order valence-corrected chi connectivity index (χ3v) is 2.07. The van der Waals surface area contributed by atoms with Gasteiger partial charge in [0.2, 0.25) is 11.7 Å². The molecule has 20 heavy (non-hydrogen) atoms. The van der Waals surface area contributed by atoms with Gasteiger partial charge in [-0.15, -0.1) is 0 Å². The summed E-state index contributed by atoms with van der Waals surface area (Å²) in [5.74, 6) is -3.28. The first kappa shape index (κ1) is 18.0. The van der Waals surface area contributed by atoms with Crippen LogP contribution in [0, 0.1) is 0 Å². The zero-order valence-corrected chi connectivity index (χ0v) is 11.8. The smallest absolute Gasteiger partial charge is 0.343 e. The Bertz CT molecular complexity index is 408. The molecular weight excluding hydrogens is 274 g/mol. The second-order valence-corrected chi connectivity index (χ2v) is 4.10. The maximum absolute atomic E-state index is 12.5. The molecule has 114 valence electrons. The summed E-state index contributed by atoms with van der Waals surface area (Å²) >= 11 is 0. The van der Waals surface area contributed by atoms with Crippen molar-refractivity contribution in [2.45, 2.75) is 40.2 Å². The Morgan fingerprint density at radius 2 is 1.85 bits per heavy atom. The quantitative estimate of drug-likeness (QED) is 0.249. The first-order valence-corrected chi connectivity index (χ1v) is 5.97. The predicted molar refractivity (Wildman–Crippen MR) is 66.5 cm³/mol. The summed E-state index contributed by atoms with van der Waals surface area (Å²) in [4.78, 5) is 33.9. The molecule has 0 aliphatic heterocycles. The normalized spacial score (nSPS) is 11.5. The number of alkyl halides is 2. The van der Waals surface area contributed by atoms with E-state index >= 15 is 0 Å². The molecule has 1 N–H and O–H groups in total. The zero-order valence-electron chi connectivity index (χ0n) is 11.8. The molecule has 0 aliphatic carbocycles. The van der Waals surface area contributed by atoms with Crippen LogP contribution in [0.3, 0.4) is 0 Å². The Hall–Kier alpha value is -1.99. The molecule has 0 heterocycles. The standard InChI is InChI=1S/C12H18F2N2O4/c1-5-20-12(19)9(10(18)11(13)14)6-16(7(2)3)15-8(4)17/h6-7,11H,5H2,1-4H3,(H,15,17)/b9-6+. The number of carbonyl (C=O) groups is 3. The topological polar surface area (TPSA) is 75.7 Å². The highest BCUT2D eigenvalue weighted by molar-refractivity contribution is 6.18. The summed E-state index contributed by atoms with van der Waals surface area (Å²) in [7, 11) is 0. The molecule has 1 amide bonds. The van der Waals surface area contributed by atoms with E-state index in [1.165, 1.54) is 13.8 Å². The fourth-order valence-corrected chi connectivity index (χ4v) is 1.17.